The second-order valence-electron chi connectivity index (χ2n) is 8.41. The molecular formula is C24H24F2N2O5. The summed E-state index contributed by atoms with van der Waals surface area (Å²) in [5, 5.41) is 10.9. The van der Waals surface area contributed by atoms with E-state index in [-0.39, 0.29) is 25.0 Å². The summed E-state index contributed by atoms with van der Waals surface area (Å²) >= 11 is 0. The lowest BCUT2D eigenvalue weighted by molar-refractivity contribution is -0.160. The standard InChI is InChI=1S/C24H24F2N2O5/c25-24(26,22(31)28(12-21(29)30)11-15-9-10-15)14-27-23(32)33-13-20-18-7-3-1-5-16(18)17-6-2-4-8-19(17)20/h1-8,15,20H,9-14H2,(H,27,32)(H,29,30). The molecule has 1 fully saturated rings. The normalized spacial score (nSPS) is 14.8. The Morgan fingerprint density at radius 2 is 1.61 bits per heavy atom. The third-order valence-electron chi connectivity index (χ3n) is 5.90. The van der Waals surface area contributed by atoms with Crippen LogP contribution in [-0.4, -0.2) is 60.1 Å². The molecule has 174 valence electrons. The molecule has 0 aromatic heterocycles. The molecule has 0 bridgehead atoms. The Labute approximate surface area is 189 Å². The van der Waals surface area contributed by atoms with Crippen molar-refractivity contribution in [3.05, 3.63) is 59.7 Å². The summed E-state index contributed by atoms with van der Waals surface area (Å²) in [6.07, 6.45) is 0.469. The van der Waals surface area contributed by atoms with Crippen LogP contribution >= 0.6 is 0 Å². The molecule has 1 saturated carbocycles. The van der Waals surface area contributed by atoms with Gasteiger partial charge in [0.15, 0.2) is 0 Å². The van der Waals surface area contributed by atoms with E-state index in [1.165, 1.54) is 0 Å². The number of hydrogen-bond donors (Lipinski definition) is 2. The number of nitrogens with zero attached hydrogens (tertiary/aromatic N) is 1. The third kappa shape index (κ3) is 5.13. The van der Waals surface area contributed by atoms with Gasteiger partial charge in [0, 0.05) is 12.5 Å². The molecule has 0 heterocycles. The SMILES string of the molecule is O=C(O)CN(CC1CC1)C(=O)C(F)(F)CNC(=O)OCC1c2ccccc2-c2ccccc21. The van der Waals surface area contributed by atoms with Gasteiger partial charge in [0.1, 0.15) is 13.2 Å². The van der Waals surface area contributed by atoms with Crippen molar-refractivity contribution in [2.24, 2.45) is 5.92 Å². The Morgan fingerprint density at radius 3 is 2.15 bits per heavy atom. The first-order chi connectivity index (χ1) is 15.8. The first-order valence-electron chi connectivity index (χ1n) is 10.7. The molecule has 2 aliphatic carbocycles. The predicted molar refractivity (Wildman–Crippen MR) is 115 cm³/mol. The monoisotopic (exact) mass is 458 g/mol. The van der Waals surface area contributed by atoms with Crippen molar-refractivity contribution < 1.29 is 33.0 Å². The maximum atomic E-state index is 14.4. The van der Waals surface area contributed by atoms with Gasteiger partial charge in [-0.1, -0.05) is 48.5 Å². The molecule has 0 radical (unpaired) electrons. The van der Waals surface area contributed by atoms with Crippen LogP contribution in [0.2, 0.25) is 0 Å². The van der Waals surface area contributed by atoms with Crippen LogP contribution in [0.25, 0.3) is 11.1 Å². The van der Waals surface area contributed by atoms with Crippen LogP contribution in [0.1, 0.15) is 29.9 Å². The number of ether oxygens (including phenoxy) is 1. The average Bonchev–Trinajstić information content (AvgIpc) is 3.55. The average molecular weight is 458 g/mol. The zero-order valence-electron chi connectivity index (χ0n) is 17.8. The zero-order chi connectivity index (χ0) is 23.6. The van der Waals surface area contributed by atoms with Gasteiger partial charge in [0.05, 0.1) is 6.54 Å². The summed E-state index contributed by atoms with van der Waals surface area (Å²) in [6.45, 7) is -2.17. The lowest BCUT2D eigenvalue weighted by atomic mass is 9.98. The number of benzene rings is 2. The van der Waals surface area contributed by atoms with E-state index < -0.39 is 37.0 Å². The van der Waals surface area contributed by atoms with E-state index in [9.17, 15) is 23.2 Å². The Balaban J connectivity index is 1.34. The van der Waals surface area contributed by atoms with E-state index in [0.29, 0.717) is 4.90 Å². The molecule has 2 amide bonds. The minimum absolute atomic E-state index is 0.0360. The molecule has 0 spiro atoms. The molecule has 9 heteroatoms. The Bertz CT molecular complexity index is 1020. The first kappa shape index (κ1) is 22.7. The number of alkyl carbamates (subject to hydrolysis) is 1. The van der Waals surface area contributed by atoms with Crippen LogP contribution in [0.3, 0.4) is 0 Å². The molecule has 4 rings (SSSR count). The van der Waals surface area contributed by atoms with Gasteiger partial charge in [0.2, 0.25) is 0 Å². The number of amides is 2. The van der Waals surface area contributed by atoms with Gasteiger partial charge in [0.25, 0.3) is 5.91 Å². The minimum atomic E-state index is -3.95. The summed E-state index contributed by atoms with van der Waals surface area (Å²) in [5.41, 5.74) is 4.04. The summed E-state index contributed by atoms with van der Waals surface area (Å²) in [4.78, 5) is 36.0. The molecule has 0 saturated heterocycles. The molecule has 0 unspecified atom stereocenters. The third-order valence-corrected chi connectivity index (χ3v) is 5.90. The molecule has 2 aromatic carbocycles. The van der Waals surface area contributed by atoms with Gasteiger partial charge in [-0.15, -0.1) is 0 Å². The van der Waals surface area contributed by atoms with Gasteiger partial charge < -0.3 is 20.1 Å². The van der Waals surface area contributed by atoms with Crippen molar-refractivity contribution in [1.29, 1.82) is 0 Å². The number of nitrogens with one attached hydrogen (secondary N) is 1. The van der Waals surface area contributed by atoms with E-state index in [0.717, 1.165) is 35.1 Å². The topological polar surface area (TPSA) is 95.9 Å². The van der Waals surface area contributed by atoms with Crippen molar-refractivity contribution >= 4 is 18.0 Å². The second-order valence-corrected chi connectivity index (χ2v) is 8.41. The number of carbonyl (C=O) groups is 3. The van der Waals surface area contributed by atoms with Crippen molar-refractivity contribution in [3.63, 3.8) is 0 Å². The van der Waals surface area contributed by atoms with Gasteiger partial charge in [-0.3, -0.25) is 9.59 Å². The smallest absolute Gasteiger partial charge is 0.407 e. The molecular weight excluding hydrogens is 434 g/mol. The number of carbonyl (C=O) groups excluding carboxylic acids is 2. The number of aliphatic carboxylic acids is 1. The maximum Gasteiger partial charge on any atom is 0.407 e. The van der Waals surface area contributed by atoms with Crippen LogP contribution in [-0.2, 0) is 14.3 Å². The summed E-state index contributed by atoms with van der Waals surface area (Å²) in [6, 6.07) is 15.4. The maximum absolute atomic E-state index is 14.4. The Morgan fingerprint density at radius 1 is 1.03 bits per heavy atom. The minimum Gasteiger partial charge on any atom is -0.480 e. The molecule has 2 aromatic rings. The molecule has 0 atom stereocenters. The van der Waals surface area contributed by atoms with Crippen LogP contribution < -0.4 is 5.32 Å². The van der Waals surface area contributed by atoms with Gasteiger partial charge in [-0.2, -0.15) is 8.78 Å². The van der Waals surface area contributed by atoms with Crippen molar-refractivity contribution in [2.75, 3.05) is 26.2 Å². The number of alkyl halides is 2. The second kappa shape index (κ2) is 9.17. The number of hydrogen-bond acceptors (Lipinski definition) is 4. The molecule has 33 heavy (non-hydrogen) atoms. The van der Waals surface area contributed by atoms with Gasteiger partial charge in [-0.05, 0) is 41.0 Å². The van der Waals surface area contributed by atoms with Crippen LogP contribution in [0.4, 0.5) is 13.6 Å². The molecule has 2 N–H and O–H groups in total. The summed E-state index contributed by atoms with van der Waals surface area (Å²) < 4.78 is 34.1. The van der Waals surface area contributed by atoms with E-state index >= 15 is 0 Å². The highest BCUT2D eigenvalue weighted by Crippen LogP contribution is 2.44. The fourth-order valence-electron chi connectivity index (χ4n) is 4.13. The van der Waals surface area contributed by atoms with Gasteiger partial charge in [-0.25, -0.2) is 4.79 Å². The Hall–Kier alpha value is -3.49. The highest BCUT2D eigenvalue weighted by molar-refractivity contribution is 5.87. The Kier molecular flexibility index (Phi) is 6.31. The van der Waals surface area contributed by atoms with Gasteiger partial charge >= 0.3 is 18.0 Å². The van der Waals surface area contributed by atoms with E-state index in [1.807, 2.05) is 53.8 Å². The highest BCUT2D eigenvalue weighted by atomic mass is 19.3. The highest BCUT2D eigenvalue weighted by Gasteiger charge is 2.44. The number of rotatable bonds is 9. The number of fused-ring (bicyclic) bond motifs is 3. The fourth-order valence-corrected chi connectivity index (χ4v) is 4.13. The summed E-state index contributed by atoms with van der Waals surface area (Å²) in [5.74, 6) is -7.12. The van der Waals surface area contributed by atoms with E-state index in [4.69, 9.17) is 9.84 Å². The number of carboxylic acids is 1. The lowest BCUT2D eigenvalue weighted by Gasteiger charge is -2.25. The van der Waals surface area contributed by atoms with Crippen LogP contribution in [0.15, 0.2) is 48.5 Å². The number of halogens is 2. The quantitative estimate of drug-likeness (QED) is 0.600. The van der Waals surface area contributed by atoms with Crippen molar-refractivity contribution in [1.82, 2.24) is 10.2 Å². The van der Waals surface area contributed by atoms with E-state index in [2.05, 4.69) is 0 Å². The van der Waals surface area contributed by atoms with Crippen molar-refractivity contribution in [3.8, 4) is 11.1 Å². The fraction of sp³-hybridized carbons (Fsp3) is 0.375. The molecule has 7 nitrogen and oxygen atoms in total. The van der Waals surface area contributed by atoms with Crippen LogP contribution in [0.5, 0.6) is 0 Å². The van der Waals surface area contributed by atoms with Crippen LogP contribution in [0, 0.1) is 5.92 Å². The van der Waals surface area contributed by atoms with Crippen molar-refractivity contribution in [2.45, 2.75) is 24.7 Å². The predicted octanol–water partition coefficient (Wildman–Crippen LogP) is 3.48. The summed E-state index contributed by atoms with van der Waals surface area (Å²) in [7, 11) is 0. The number of carboxylic acid groups (broad SMARTS) is 1. The van der Waals surface area contributed by atoms with E-state index in [1.54, 1.807) is 0 Å². The zero-order valence-corrected chi connectivity index (χ0v) is 17.8. The molecule has 0 aliphatic heterocycles. The largest absolute Gasteiger partial charge is 0.480 e. The lowest BCUT2D eigenvalue weighted by Crippen LogP contribution is -2.51. The first-order valence-corrected chi connectivity index (χ1v) is 10.7. The molecule has 2 aliphatic rings.